The minimum atomic E-state index is 0.299. The standard InChI is InChI=1S/2C13H27.Mg/c2*1-3-5-7-9-11-13-12-10-8-6-4-2;/h2*1,3-13H2,2H3;. The Hall–Kier alpha value is 0.766. The topological polar surface area (TPSA) is 0 Å². The van der Waals surface area contributed by atoms with E-state index in [9.17, 15) is 0 Å². The van der Waals surface area contributed by atoms with Gasteiger partial charge >= 0.3 is 20.4 Å². The Labute approximate surface area is 184 Å². The minimum absolute atomic E-state index is 0.299. The van der Waals surface area contributed by atoms with Gasteiger partial charge in [-0.3, -0.25) is 0 Å². The first-order chi connectivity index (χ1) is 13.4. The average molecular weight is 391 g/mol. The molecule has 160 valence electrons. The van der Waals surface area contributed by atoms with Gasteiger partial charge in [0, 0.05) is 0 Å². The third-order valence-electron chi connectivity index (χ3n) is 6.21. The first-order valence-corrected chi connectivity index (χ1v) is 15.4. The predicted octanol–water partition coefficient (Wildman–Crippen LogP) is 10.1. The van der Waals surface area contributed by atoms with Gasteiger partial charge < -0.3 is 0 Å². The fraction of sp³-hybridized carbons (Fsp3) is 1.00. The van der Waals surface area contributed by atoms with Gasteiger partial charge in [0.25, 0.3) is 0 Å². The summed E-state index contributed by atoms with van der Waals surface area (Å²) in [6.07, 6.45) is 32.8. The fourth-order valence-electron chi connectivity index (χ4n) is 4.21. The SMILES string of the molecule is CCCCCCCCCCCC[CH2][Mg][CH2]CCCCCCCCCCCC. The second-order valence-corrected chi connectivity index (χ2v) is 11.3. The van der Waals surface area contributed by atoms with Gasteiger partial charge in [-0.1, -0.05) is 155 Å². The lowest BCUT2D eigenvalue weighted by Crippen LogP contribution is -1.90. The molecule has 0 spiro atoms. The first kappa shape index (κ1) is 27.8. The quantitative estimate of drug-likeness (QED) is 0.113. The van der Waals surface area contributed by atoms with E-state index < -0.39 is 0 Å². The third-order valence-corrected chi connectivity index (χ3v) is 8.21. The molecule has 0 aliphatic rings. The van der Waals surface area contributed by atoms with Crippen molar-refractivity contribution in [1.82, 2.24) is 0 Å². The summed E-state index contributed by atoms with van der Waals surface area (Å²) in [4.78, 5) is 0. The molecule has 27 heavy (non-hydrogen) atoms. The largest absolute Gasteiger partial charge is 0.364 e. The van der Waals surface area contributed by atoms with Crippen molar-refractivity contribution in [2.24, 2.45) is 0 Å². The van der Waals surface area contributed by atoms with Gasteiger partial charge in [0.1, 0.15) is 0 Å². The van der Waals surface area contributed by atoms with E-state index in [2.05, 4.69) is 13.8 Å². The lowest BCUT2D eigenvalue weighted by Gasteiger charge is -2.03. The molecule has 0 aliphatic heterocycles. The van der Waals surface area contributed by atoms with Gasteiger partial charge in [-0.2, -0.15) is 0 Å². The van der Waals surface area contributed by atoms with E-state index in [0.29, 0.717) is 20.4 Å². The highest BCUT2D eigenvalue weighted by Gasteiger charge is 1.98. The Balaban J connectivity index is 2.95. The normalized spacial score (nSPS) is 11.0. The average Bonchev–Trinajstić information content (AvgIpc) is 2.68. The molecule has 0 bridgehead atoms. The zero-order valence-electron chi connectivity index (χ0n) is 19.7. The molecule has 0 aromatic carbocycles. The summed E-state index contributed by atoms with van der Waals surface area (Å²) in [6.45, 7) is 4.61. The van der Waals surface area contributed by atoms with Gasteiger partial charge in [-0.05, 0) is 0 Å². The van der Waals surface area contributed by atoms with Crippen LogP contribution in [0, 0.1) is 0 Å². The summed E-state index contributed by atoms with van der Waals surface area (Å²) >= 11 is 0.299. The van der Waals surface area contributed by atoms with E-state index >= 15 is 0 Å². The molecule has 0 saturated heterocycles. The van der Waals surface area contributed by atoms with Crippen LogP contribution in [0.15, 0.2) is 0 Å². The van der Waals surface area contributed by atoms with Crippen molar-refractivity contribution in [3.8, 4) is 0 Å². The number of unbranched alkanes of at least 4 members (excludes halogenated alkanes) is 20. The van der Waals surface area contributed by atoms with E-state index in [1.54, 1.807) is 21.9 Å². The maximum Gasteiger partial charge on any atom is 0.364 e. The lowest BCUT2D eigenvalue weighted by atomic mass is 10.1. The van der Waals surface area contributed by atoms with Gasteiger partial charge in [0.05, 0.1) is 0 Å². The Kier molecular flexibility index (Phi) is 27.5. The highest BCUT2D eigenvalue weighted by atomic mass is 24.5. The summed E-state index contributed by atoms with van der Waals surface area (Å²) in [5.74, 6) is 0. The van der Waals surface area contributed by atoms with Crippen molar-refractivity contribution in [2.75, 3.05) is 0 Å². The van der Waals surface area contributed by atoms with Crippen LogP contribution in [-0.2, 0) is 0 Å². The molecule has 1 heteroatoms. The fourth-order valence-corrected chi connectivity index (χ4v) is 5.98. The zero-order valence-corrected chi connectivity index (χ0v) is 21.1. The van der Waals surface area contributed by atoms with Crippen molar-refractivity contribution < 1.29 is 0 Å². The predicted molar refractivity (Wildman–Crippen MR) is 128 cm³/mol. The molecule has 0 nitrogen and oxygen atoms in total. The number of rotatable bonds is 24. The zero-order chi connectivity index (χ0) is 19.7. The molecule has 0 atom stereocenters. The van der Waals surface area contributed by atoms with Crippen LogP contribution in [0.4, 0.5) is 0 Å². The highest BCUT2D eigenvalue weighted by Crippen LogP contribution is 2.14. The maximum absolute atomic E-state index is 2.31. The summed E-state index contributed by atoms with van der Waals surface area (Å²) in [5.41, 5.74) is 0. The van der Waals surface area contributed by atoms with Crippen LogP contribution in [0.25, 0.3) is 0 Å². The van der Waals surface area contributed by atoms with Crippen LogP contribution >= 0.6 is 0 Å². The summed E-state index contributed by atoms with van der Waals surface area (Å²) < 4.78 is 3.27. The van der Waals surface area contributed by atoms with Crippen LogP contribution in [0.5, 0.6) is 0 Å². The summed E-state index contributed by atoms with van der Waals surface area (Å²) in [5, 5.41) is 0. The number of hydrogen-bond acceptors (Lipinski definition) is 0. The van der Waals surface area contributed by atoms with E-state index in [0.717, 1.165) is 0 Å². The molecule has 0 rings (SSSR count). The second kappa shape index (κ2) is 26.8. The minimum Gasteiger partial charge on any atom is -0.146 e. The summed E-state index contributed by atoms with van der Waals surface area (Å²) in [6, 6.07) is 0. The lowest BCUT2D eigenvalue weighted by molar-refractivity contribution is 0.552. The van der Waals surface area contributed by atoms with Crippen LogP contribution in [0.2, 0.25) is 9.10 Å². The van der Waals surface area contributed by atoms with E-state index in [4.69, 9.17) is 0 Å². The van der Waals surface area contributed by atoms with Crippen molar-refractivity contribution in [2.45, 2.75) is 164 Å². The Morgan fingerprint density at radius 1 is 0.296 bits per heavy atom. The van der Waals surface area contributed by atoms with E-state index in [1.807, 2.05) is 0 Å². The smallest absolute Gasteiger partial charge is 0.146 e. The van der Waals surface area contributed by atoms with Crippen LogP contribution in [-0.4, -0.2) is 20.4 Å². The molecular weight excluding hydrogens is 337 g/mol. The van der Waals surface area contributed by atoms with Crippen molar-refractivity contribution in [3.63, 3.8) is 0 Å². The Bertz CT molecular complexity index is 214. The Morgan fingerprint density at radius 2 is 0.519 bits per heavy atom. The van der Waals surface area contributed by atoms with Crippen molar-refractivity contribution in [1.29, 1.82) is 0 Å². The molecule has 0 aliphatic carbocycles. The molecule has 0 amide bonds. The molecular formula is C26H54Mg. The van der Waals surface area contributed by atoms with Crippen molar-refractivity contribution >= 4 is 20.4 Å². The molecule has 0 unspecified atom stereocenters. The maximum atomic E-state index is 2.31. The molecule has 0 aromatic heterocycles. The van der Waals surface area contributed by atoms with Crippen LogP contribution in [0.1, 0.15) is 155 Å². The van der Waals surface area contributed by atoms with Crippen molar-refractivity contribution in [3.05, 3.63) is 0 Å². The van der Waals surface area contributed by atoms with Crippen LogP contribution < -0.4 is 0 Å². The molecule has 0 N–H and O–H groups in total. The molecule has 0 heterocycles. The second-order valence-electron chi connectivity index (χ2n) is 9.13. The monoisotopic (exact) mass is 390 g/mol. The molecule has 0 saturated carbocycles. The summed E-state index contributed by atoms with van der Waals surface area (Å²) in [7, 11) is 0. The van der Waals surface area contributed by atoms with Crippen LogP contribution in [0.3, 0.4) is 0 Å². The first-order valence-electron chi connectivity index (χ1n) is 13.4. The highest BCUT2D eigenvalue weighted by molar-refractivity contribution is 6.35. The Morgan fingerprint density at radius 3 is 0.778 bits per heavy atom. The third kappa shape index (κ3) is 26.8. The molecule has 0 radical (unpaired) electrons. The van der Waals surface area contributed by atoms with E-state index in [-0.39, 0.29) is 0 Å². The van der Waals surface area contributed by atoms with Gasteiger partial charge in [0.15, 0.2) is 0 Å². The van der Waals surface area contributed by atoms with Gasteiger partial charge in [0.2, 0.25) is 0 Å². The van der Waals surface area contributed by atoms with Gasteiger partial charge in [-0.15, -0.1) is 9.10 Å². The number of hydrogen-bond donors (Lipinski definition) is 0. The van der Waals surface area contributed by atoms with Gasteiger partial charge in [-0.25, -0.2) is 0 Å². The molecule has 0 fully saturated rings. The van der Waals surface area contributed by atoms with E-state index in [1.165, 1.54) is 128 Å². The molecule has 0 aromatic rings.